The highest BCUT2D eigenvalue weighted by Gasteiger charge is 2.47. The van der Waals surface area contributed by atoms with E-state index >= 15 is 0 Å². The monoisotopic (exact) mass is 463 g/mol. The Hall–Kier alpha value is -3.91. The molecule has 1 aliphatic rings. The van der Waals surface area contributed by atoms with E-state index in [2.05, 4.69) is 6.58 Å². The number of carbonyl (C=O) groups excluding carboxylic acids is 2. The SMILES string of the molecule is C=C1c2cc(Oc3ccccc3)ccc2C(=O)C(C(=O)OCC)N1S(=O)(=O)c1ccccc1. The van der Waals surface area contributed by atoms with Crippen LogP contribution in [-0.2, 0) is 19.6 Å². The molecule has 0 N–H and O–H groups in total. The molecule has 0 saturated carbocycles. The molecule has 3 aromatic carbocycles. The van der Waals surface area contributed by atoms with Crippen LogP contribution in [0.1, 0.15) is 22.8 Å². The lowest BCUT2D eigenvalue weighted by atomic mass is 9.92. The number of para-hydroxylation sites is 1. The van der Waals surface area contributed by atoms with Crippen LogP contribution in [0.15, 0.2) is 90.3 Å². The molecule has 33 heavy (non-hydrogen) atoms. The molecular weight excluding hydrogens is 442 g/mol. The average Bonchev–Trinajstić information content (AvgIpc) is 2.82. The summed E-state index contributed by atoms with van der Waals surface area (Å²) in [4.78, 5) is 26.0. The summed E-state index contributed by atoms with van der Waals surface area (Å²) < 4.78 is 38.7. The number of ether oxygens (including phenoxy) is 2. The van der Waals surface area contributed by atoms with Gasteiger partial charge in [-0.05, 0) is 49.4 Å². The topological polar surface area (TPSA) is 90.0 Å². The molecule has 4 rings (SSSR count). The van der Waals surface area contributed by atoms with E-state index in [0.29, 0.717) is 11.5 Å². The maximum absolute atomic E-state index is 13.5. The van der Waals surface area contributed by atoms with Gasteiger partial charge in [-0.1, -0.05) is 43.0 Å². The molecule has 0 aromatic heterocycles. The second-order valence-electron chi connectivity index (χ2n) is 7.20. The Bertz CT molecular complexity index is 1320. The summed E-state index contributed by atoms with van der Waals surface area (Å²) in [5.41, 5.74) is 0.400. The number of nitrogens with zero attached hydrogens (tertiary/aromatic N) is 1. The normalized spacial score (nSPS) is 15.7. The standard InChI is InChI=1S/C25H21NO6S/c1-3-31-25(28)23-24(27)21-15-14-19(32-18-10-6-4-7-11-18)16-22(21)17(2)26(23)33(29,30)20-12-8-5-9-13-20/h4-16,23H,2-3H2,1H3. The molecule has 1 aliphatic heterocycles. The lowest BCUT2D eigenvalue weighted by molar-refractivity contribution is -0.145. The average molecular weight is 464 g/mol. The Morgan fingerprint density at radius 2 is 1.58 bits per heavy atom. The predicted octanol–water partition coefficient (Wildman–Crippen LogP) is 4.27. The molecule has 0 amide bonds. The van der Waals surface area contributed by atoms with Gasteiger partial charge in [-0.15, -0.1) is 0 Å². The van der Waals surface area contributed by atoms with Crippen molar-refractivity contribution in [3.63, 3.8) is 0 Å². The largest absolute Gasteiger partial charge is 0.464 e. The molecule has 0 radical (unpaired) electrons. The zero-order chi connectivity index (χ0) is 23.6. The maximum atomic E-state index is 13.5. The van der Waals surface area contributed by atoms with Gasteiger partial charge in [0.05, 0.1) is 17.2 Å². The number of hydrogen-bond donors (Lipinski definition) is 0. The minimum atomic E-state index is -4.30. The Balaban J connectivity index is 1.83. The van der Waals surface area contributed by atoms with Crippen LogP contribution >= 0.6 is 0 Å². The van der Waals surface area contributed by atoms with E-state index in [-0.39, 0.29) is 28.3 Å². The second-order valence-corrected chi connectivity index (χ2v) is 9.02. The highest BCUT2D eigenvalue weighted by atomic mass is 32.2. The summed E-state index contributed by atoms with van der Waals surface area (Å²) in [6, 6.07) is 19.5. The molecule has 0 saturated heterocycles. The highest BCUT2D eigenvalue weighted by molar-refractivity contribution is 7.89. The molecule has 0 bridgehead atoms. The van der Waals surface area contributed by atoms with Crippen LogP contribution in [0.3, 0.4) is 0 Å². The summed E-state index contributed by atoms with van der Waals surface area (Å²) in [5, 5.41) is 0. The Morgan fingerprint density at radius 3 is 2.21 bits per heavy atom. The molecule has 0 fully saturated rings. The molecule has 8 heteroatoms. The fraction of sp³-hybridized carbons (Fsp3) is 0.120. The first-order chi connectivity index (χ1) is 15.8. The second kappa shape index (κ2) is 8.91. The number of fused-ring (bicyclic) bond motifs is 1. The third-order valence-corrected chi connectivity index (χ3v) is 6.92. The van der Waals surface area contributed by atoms with Crippen LogP contribution in [0, 0.1) is 0 Å². The van der Waals surface area contributed by atoms with Crippen molar-refractivity contribution in [1.29, 1.82) is 0 Å². The zero-order valence-electron chi connectivity index (χ0n) is 17.8. The minimum absolute atomic E-state index is 0.00890. The molecule has 0 spiro atoms. The van der Waals surface area contributed by atoms with E-state index in [4.69, 9.17) is 9.47 Å². The summed E-state index contributed by atoms with van der Waals surface area (Å²) in [6.45, 7) is 5.51. The fourth-order valence-electron chi connectivity index (χ4n) is 3.61. The van der Waals surface area contributed by atoms with Crippen molar-refractivity contribution in [3.8, 4) is 11.5 Å². The summed E-state index contributed by atoms with van der Waals surface area (Å²) in [6.07, 6.45) is 0. The van der Waals surface area contributed by atoms with Crippen molar-refractivity contribution >= 4 is 27.5 Å². The first-order valence-corrected chi connectivity index (χ1v) is 11.6. The van der Waals surface area contributed by atoms with Crippen molar-refractivity contribution in [1.82, 2.24) is 4.31 Å². The third-order valence-electron chi connectivity index (χ3n) is 5.11. The highest BCUT2D eigenvalue weighted by Crippen LogP contribution is 2.38. The van der Waals surface area contributed by atoms with Gasteiger partial charge in [-0.3, -0.25) is 4.79 Å². The Morgan fingerprint density at radius 1 is 0.939 bits per heavy atom. The van der Waals surface area contributed by atoms with Crippen LogP contribution in [0.5, 0.6) is 11.5 Å². The first kappa shape index (κ1) is 22.3. The van der Waals surface area contributed by atoms with Gasteiger partial charge >= 0.3 is 5.97 Å². The smallest absolute Gasteiger partial charge is 0.338 e. The molecule has 1 unspecified atom stereocenters. The van der Waals surface area contributed by atoms with Crippen molar-refractivity contribution in [2.75, 3.05) is 6.61 Å². The van der Waals surface area contributed by atoms with Gasteiger partial charge in [0, 0.05) is 11.1 Å². The van der Waals surface area contributed by atoms with Gasteiger partial charge in [0.1, 0.15) is 11.5 Å². The molecule has 3 aromatic rings. The van der Waals surface area contributed by atoms with E-state index in [1.54, 1.807) is 43.3 Å². The number of benzene rings is 3. The van der Waals surface area contributed by atoms with E-state index in [1.807, 2.05) is 18.2 Å². The number of ketones is 1. The molecule has 1 atom stereocenters. The first-order valence-electron chi connectivity index (χ1n) is 10.2. The van der Waals surface area contributed by atoms with Gasteiger partial charge in [-0.2, -0.15) is 0 Å². The Kier molecular flexibility index (Phi) is 6.02. The number of sulfonamides is 1. The quantitative estimate of drug-likeness (QED) is 0.401. The van der Waals surface area contributed by atoms with Crippen LogP contribution in [0.2, 0.25) is 0 Å². The molecule has 0 aliphatic carbocycles. The van der Waals surface area contributed by atoms with Crippen molar-refractivity contribution in [2.24, 2.45) is 0 Å². The number of rotatable bonds is 6. The summed E-state index contributed by atoms with van der Waals surface area (Å²) in [5.74, 6) is -0.691. The summed E-state index contributed by atoms with van der Waals surface area (Å²) in [7, 11) is -4.30. The molecule has 1 heterocycles. The summed E-state index contributed by atoms with van der Waals surface area (Å²) >= 11 is 0. The number of esters is 1. The zero-order valence-corrected chi connectivity index (χ0v) is 18.6. The van der Waals surface area contributed by atoms with Crippen LogP contribution in [0.4, 0.5) is 0 Å². The van der Waals surface area contributed by atoms with E-state index in [9.17, 15) is 18.0 Å². The number of hydrogen-bond acceptors (Lipinski definition) is 6. The van der Waals surface area contributed by atoms with Gasteiger partial charge in [0.2, 0.25) is 6.04 Å². The molecule has 168 valence electrons. The van der Waals surface area contributed by atoms with E-state index in [0.717, 1.165) is 4.31 Å². The van der Waals surface area contributed by atoms with Crippen molar-refractivity contribution in [3.05, 3.63) is 96.6 Å². The minimum Gasteiger partial charge on any atom is -0.464 e. The van der Waals surface area contributed by atoms with Crippen molar-refractivity contribution < 1.29 is 27.5 Å². The van der Waals surface area contributed by atoms with Gasteiger partial charge < -0.3 is 9.47 Å². The third kappa shape index (κ3) is 4.12. The van der Waals surface area contributed by atoms with Gasteiger partial charge in [0.25, 0.3) is 10.0 Å². The molecular formula is C25H21NO6S. The lowest BCUT2D eigenvalue weighted by Crippen LogP contribution is -2.52. The van der Waals surface area contributed by atoms with E-state index in [1.165, 1.54) is 24.3 Å². The Labute approximate surface area is 191 Å². The van der Waals surface area contributed by atoms with Crippen LogP contribution in [0.25, 0.3) is 5.70 Å². The predicted molar refractivity (Wildman–Crippen MR) is 122 cm³/mol. The molecule has 7 nitrogen and oxygen atoms in total. The number of Topliss-reactive ketones (excluding diaryl/α,β-unsaturated/α-hetero) is 1. The van der Waals surface area contributed by atoms with E-state index < -0.39 is 27.8 Å². The van der Waals surface area contributed by atoms with Crippen LogP contribution in [-0.4, -0.2) is 37.1 Å². The van der Waals surface area contributed by atoms with Crippen molar-refractivity contribution in [2.45, 2.75) is 17.9 Å². The number of carbonyl (C=O) groups is 2. The maximum Gasteiger partial charge on any atom is 0.338 e. The van der Waals surface area contributed by atoms with Gasteiger partial charge in [-0.25, -0.2) is 17.5 Å². The lowest BCUT2D eigenvalue weighted by Gasteiger charge is -2.36. The van der Waals surface area contributed by atoms with Crippen LogP contribution < -0.4 is 4.74 Å². The fourth-order valence-corrected chi connectivity index (χ4v) is 5.18. The van der Waals surface area contributed by atoms with Gasteiger partial charge in [0.15, 0.2) is 5.78 Å².